The van der Waals surface area contributed by atoms with Crippen LogP contribution in [0.4, 0.5) is 4.79 Å². The first-order chi connectivity index (χ1) is 20.7. The number of hydrogen-bond acceptors (Lipinski definition) is 6. The van der Waals surface area contributed by atoms with Gasteiger partial charge in [0, 0.05) is 12.5 Å². The maximum atomic E-state index is 14.3. The van der Waals surface area contributed by atoms with Crippen LogP contribution < -0.4 is 21.7 Å². The van der Waals surface area contributed by atoms with E-state index in [9.17, 15) is 28.8 Å². The molecule has 1 saturated heterocycles. The summed E-state index contributed by atoms with van der Waals surface area (Å²) in [6, 6.07) is -3.99. The third-order valence-corrected chi connectivity index (χ3v) is 10.1. The molecule has 0 aromatic heterocycles. The van der Waals surface area contributed by atoms with Crippen molar-refractivity contribution >= 4 is 35.3 Å². The molecule has 1 heterocycles. The van der Waals surface area contributed by atoms with Crippen LogP contribution in [0.3, 0.4) is 0 Å². The van der Waals surface area contributed by atoms with Crippen LogP contribution in [-0.4, -0.2) is 70.9 Å². The van der Waals surface area contributed by atoms with Gasteiger partial charge in [0.25, 0.3) is 5.91 Å². The van der Waals surface area contributed by atoms with Gasteiger partial charge in [-0.1, -0.05) is 66.7 Å². The number of urea groups is 1. The van der Waals surface area contributed by atoms with Gasteiger partial charge in [-0.3, -0.25) is 24.0 Å². The van der Waals surface area contributed by atoms with E-state index in [2.05, 4.69) is 16.0 Å². The molecule has 2 unspecified atom stereocenters. The highest BCUT2D eigenvalue weighted by Crippen LogP contribution is 2.37. The molecule has 5 N–H and O–H groups in total. The summed E-state index contributed by atoms with van der Waals surface area (Å²) in [6.45, 7) is 9.86. The van der Waals surface area contributed by atoms with E-state index in [1.165, 1.54) is 4.90 Å². The van der Waals surface area contributed by atoms with Crippen LogP contribution in [0.1, 0.15) is 105 Å². The second-order valence-corrected chi connectivity index (χ2v) is 15.1. The summed E-state index contributed by atoms with van der Waals surface area (Å²) < 4.78 is 0. The summed E-state index contributed by atoms with van der Waals surface area (Å²) in [4.78, 5) is 80.7. The van der Waals surface area contributed by atoms with Crippen LogP contribution in [0.25, 0.3) is 0 Å². The molecule has 246 valence electrons. The second kappa shape index (κ2) is 14.0. The van der Waals surface area contributed by atoms with Gasteiger partial charge in [-0.05, 0) is 67.6 Å². The van der Waals surface area contributed by atoms with E-state index in [0.717, 1.165) is 57.8 Å². The molecule has 0 aromatic rings. The summed E-state index contributed by atoms with van der Waals surface area (Å²) in [6.07, 6.45) is 9.49. The first-order valence-corrected chi connectivity index (χ1v) is 16.7. The van der Waals surface area contributed by atoms with Crippen LogP contribution in [0.15, 0.2) is 0 Å². The van der Waals surface area contributed by atoms with Gasteiger partial charge in [0.2, 0.25) is 17.6 Å². The van der Waals surface area contributed by atoms with E-state index in [1.807, 2.05) is 34.6 Å². The van der Waals surface area contributed by atoms with Gasteiger partial charge >= 0.3 is 6.03 Å². The number of nitrogens with two attached hydrogens (primary N) is 1. The lowest BCUT2D eigenvalue weighted by atomic mass is 9.81. The molecule has 4 fully saturated rings. The van der Waals surface area contributed by atoms with E-state index >= 15 is 0 Å². The second-order valence-electron chi connectivity index (χ2n) is 15.1. The van der Waals surface area contributed by atoms with Crippen LogP contribution in [-0.2, 0) is 24.0 Å². The standard InChI is InChI=1S/C33H53N5O6/c1-18(2)22-15-16-38(25(22)30(42)35-23(17-19-11-12-19)27(40)29(34)41)31(43)28(33(3,4)5)37-32(44)36-24(26(39)21-13-14-21)20-9-7-6-8-10-20/h18-25,28H,6-17H2,1-5H3,(H2,34,41)(H,35,42)(H2,36,37,44)/t22?,23?,24-,25-,28+/m0/s1. The molecule has 4 rings (SSSR count). The molecular formula is C33H53N5O6. The quantitative estimate of drug-likeness (QED) is 0.232. The molecule has 5 atom stereocenters. The average molecular weight is 616 g/mol. The van der Waals surface area contributed by atoms with Crippen molar-refractivity contribution in [2.24, 2.45) is 40.7 Å². The number of carbonyl (C=O) groups is 6. The summed E-state index contributed by atoms with van der Waals surface area (Å²) in [7, 11) is 0. The molecule has 11 nitrogen and oxygen atoms in total. The van der Waals surface area contributed by atoms with Crippen LogP contribution >= 0.6 is 0 Å². The van der Waals surface area contributed by atoms with Crippen molar-refractivity contribution in [3.63, 3.8) is 0 Å². The highest BCUT2D eigenvalue weighted by Gasteiger charge is 2.48. The Morgan fingerprint density at radius 3 is 2.00 bits per heavy atom. The van der Waals surface area contributed by atoms with Gasteiger partial charge in [-0.2, -0.15) is 0 Å². The number of carbonyl (C=O) groups excluding carboxylic acids is 6. The van der Waals surface area contributed by atoms with E-state index in [1.54, 1.807) is 0 Å². The molecule has 0 radical (unpaired) electrons. The van der Waals surface area contributed by atoms with Gasteiger partial charge in [-0.15, -0.1) is 0 Å². The Labute approximate surface area is 261 Å². The molecule has 0 aromatic carbocycles. The monoisotopic (exact) mass is 615 g/mol. The minimum absolute atomic E-state index is 0.00398. The number of primary amides is 1. The minimum Gasteiger partial charge on any atom is -0.363 e. The van der Waals surface area contributed by atoms with Gasteiger partial charge < -0.3 is 26.6 Å². The number of amides is 5. The van der Waals surface area contributed by atoms with Gasteiger partial charge in [-0.25, -0.2) is 4.79 Å². The molecule has 0 bridgehead atoms. The first-order valence-electron chi connectivity index (χ1n) is 16.7. The molecule has 1 aliphatic heterocycles. The molecular weight excluding hydrogens is 562 g/mol. The lowest BCUT2D eigenvalue weighted by Crippen LogP contribution is -2.62. The number of ketones is 2. The van der Waals surface area contributed by atoms with Crippen molar-refractivity contribution in [1.29, 1.82) is 0 Å². The Bertz CT molecular complexity index is 1120. The Balaban J connectivity index is 1.52. The van der Waals surface area contributed by atoms with Gasteiger partial charge in [0.1, 0.15) is 12.1 Å². The van der Waals surface area contributed by atoms with Crippen molar-refractivity contribution in [1.82, 2.24) is 20.9 Å². The Hall–Kier alpha value is -2.98. The molecule has 3 saturated carbocycles. The van der Waals surface area contributed by atoms with Crippen molar-refractivity contribution in [3.8, 4) is 0 Å². The number of nitrogens with zero attached hydrogens (tertiary/aromatic N) is 1. The molecule has 5 amide bonds. The predicted molar refractivity (Wildman–Crippen MR) is 165 cm³/mol. The van der Waals surface area contributed by atoms with E-state index in [0.29, 0.717) is 19.4 Å². The third kappa shape index (κ3) is 8.38. The maximum Gasteiger partial charge on any atom is 0.316 e. The smallest absolute Gasteiger partial charge is 0.316 e. The Morgan fingerprint density at radius 2 is 1.48 bits per heavy atom. The van der Waals surface area contributed by atoms with Gasteiger partial charge in [0.05, 0.1) is 12.1 Å². The number of likely N-dealkylation sites (tertiary alicyclic amines) is 1. The summed E-state index contributed by atoms with van der Waals surface area (Å²) in [5.74, 6) is -2.47. The fraction of sp³-hybridized carbons (Fsp3) is 0.818. The summed E-state index contributed by atoms with van der Waals surface area (Å²) in [5, 5.41) is 8.62. The number of Topliss-reactive ketones (excluding diaryl/α,β-unsaturated/α-hetero) is 2. The zero-order valence-electron chi connectivity index (χ0n) is 27.2. The van der Waals surface area contributed by atoms with Crippen molar-refractivity contribution in [3.05, 3.63) is 0 Å². The van der Waals surface area contributed by atoms with Crippen molar-refractivity contribution in [2.45, 2.75) is 129 Å². The Kier molecular flexibility index (Phi) is 10.8. The summed E-state index contributed by atoms with van der Waals surface area (Å²) in [5.41, 5.74) is 4.59. The zero-order chi connectivity index (χ0) is 32.3. The number of hydrogen-bond donors (Lipinski definition) is 4. The maximum absolute atomic E-state index is 14.3. The fourth-order valence-corrected chi connectivity index (χ4v) is 7.08. The molecule has 11 heteroatoms. The number of nitrogens with one attached hydrogen (secondary N) is 3. The highest BCUT2D eigenvalue weighted by molar-refractivity contribution is 6.37. The lowest BCUT2D eigenvalue weighted by Gasteiger charge is -2.37. The Morgan fingerprint density at radius 1 is 0.841 bits per heavy atom. The van der Waals surface area contributed by atoms with Crippen LogP contribution in [0.5, 0.6) is 0 Å². The third-order valence-electron chi connectivity index (χ3n) is 10.1. The van der Waals surface area contributed by atoms with E-state index in [-0.39, 0.29) is 35.4 Å². The van der Waals surface area contributed by atoms with Crippen molar-refractivity contribution in [2.75, 3.05) is 6.54 Å². The molecule has 0 spiro atoms. The highest BCUT2D eigenvalue weighted by atomic mass is 16.2. The van der Waals surface area contributed by atoms with E-state index in [4.69, 9.17) is 5.73 Å². The lowest BCUT2D eigenvalue weighted by molar-refractivity contribution is -0.144. The van der Waals surface area contributed by atoms with E-state index < -0.39 is 59.1 Å². The van der Waals surface area contributed by atoms with Crippen LogP contribution in [0, 0.1) is 35.0 Å². The number of rotatable bonds is 13. The van der Waals surface area contributed by atoms with Crippen molar-refractivity contribution < 1.29 is 28.8 Å². The van der Waals surface area contributed by atoms with Crippen LogP contribution in [0.2, 0.25) is 0 Å². The predicted octanol–water partition coefficient (Wildman–Crippen LogP) is 2.84. The fourth-order valence-electron chi connectivity index (χ4n) is 7.08. The molecule has 44 heavy (non-hydrogen) atoms. The zero-order valence-corrected chi connectivity index (χ0v) is 27.2. The SMILES string of the molecule is CC(C)C1CCN(C(=O)[C@@H](NC(=O)N[C@H](C(=O)C2CC2)C2CCCCC2)C(C)(C)C)[C@@H]1C(=O)NC(CC1CC1)C(=O)C(N)=O. The van der Waals surface area contributed by atoms with Gasteiger partial charge in [0.15, 0.2) is 5.78 Å². The normalized spacial score (nSPS) is 24.7. The molecule has 3 aliphatic carbocycles. The molecule has 4 aliphatic rings. The minimum atomic E-state index is -1.09. The largest absolute Gasteiger partial charge is 0.363 e. The average Bonchev–Trinajstić information content (AvgIpc) is 3.91. The first kappa shape index (κ1) is 33.9. The topological polar surface area (TPSA) is 168 Å². The summed E-state index contributed by atoms with van der Waals surface area (Å²) >= 11 is 0.